The summed E-state index contributed by atoms with van der Waals surface area (Å²) in [6.45, 7) is 2.14. The smallest absolute Gasteiger partial charge is 0.266 e. The van der Waals surface area contributed by atoms with Gasteiger partial charge in [0.05, 0.1) is 11.4 Å². The van der Waals surface area contributed by atoms with Crippen molar-refractivity contribution in [2.24, 2.45) is 0 Å². The molecular weight excluding hydrogens is 478 g/mol. The standard InChI is InChI=1S/C27H33N3O3S2/c1-2-3-4-5-6-10-19-35(32,33)30-27(31)26-18-17-25(28-29-26)21-34-20-22-13-15-24(16-14-22)23-11-8-7-9-12-23/h7-9,11-18H,2-6,10,19-21H2,1H3,(H,30,31). The Morgan fingerprint density at radius 2 is 1.49 bits per heavy atom. The van der Waals surface area contributed by atoms with Gasteiger partial charge in [0.15, 0.2) is 5.69 Å². The number of carbonyl (C=O) groups is 1. The van der Waals surface area contributed by atoms with Crippen LogP contribution in [0.15, 0.2) is 66.7 Å². The minimum absolute atomic E-state index is 0.00164. The Labute approximate surface area is 213 Å². The third-order valence-electron chi connectivity index (χ3n) is 5.55. The fraction of sp³-hybridized carbons (Fsp3) is 0.370. The number of carbonyl (C=O) groups excluding carboxylic acids is 1. The molecule has 0 unspecified atom stereocenters. The van der Waals surface area contributed by atoms with E-state index in [4.69, 9.17) is 0 Å². The Morgan fingerprint density at radius 3 is 2.17 bits per heavy atom. The number of benzene rings is 2. The molecule has 0 radical (unpaired) electrons. The highest BCUT2D eigenvalue weighted by Gasteiger charge is 2.17. The maximum Gasteiger partial charge on any atom is 0.285 e. The average Bonchev–Trinajstić information content (AvgIpc) is 2.87. The van der Waals surface area contributed by atoms with Crippen LogP contribution in [-0.4, -0.2) is 30.3 Å². The van der Waals surface area contributed by atoms with E-state index >= 15 is 0 Å². The van der Waals surface area contributed by atoms with E-state index in [0.29, 0.717) is 12.2 Å². The molecule has 0 spiro atoms. The number of hydrogen-bond donors (Lipinski definition) is 1. The topological polar surface area (TPSA) is 89.0 Å². The Morgan fingerprint density at radius 1 is 0.800 bits per heavy atom. The van der Waals surface area contributed by atoms with E-state index in [1.807, 2.05) is 18.2 Å². The highest BCUT2D eigenvalue weighted by atomic mass is 32.2. The summed E-state index contributed by atoms with van der Waals surface area (Å²) in [5.41, 5.74) is 4.34. The van der Waals surface area contributed by atoms with Crippen LogP contribution in [0.2, 0.25) is 0 Å². The van der Waals surface area contributed by atoms with Gasteiger partial charge >= 0.3 is 0 Å². The monoisotopic (exact) mass is 511 g/mol. The van der Waals surface area contributed by atoms with E-state index in [9.17, 15) is 13.2 Å². The Bertz CT molecular complexity index is 1150. The van der Waals surface area contributed by atoms with Crippen molar-refractivity contribution in [2.45, 2.75) is 57.0 Å². The Kier molecular flexibility index (Phi) is 10.8. The molecule has 35 heavy (non-hydrogen) atoms. The second-order valence-electron chi connectivity index (χ2n) is 8.48. The predicted molar refractivity (Wildman–Crippen MR) is 144 cm³/mol. The molecule has 1 N–H and O–H groups in total. The van der Waals surface area contributed by atoms with Crippen molar-refractivity contribution in [3.63, 3.8) is 0 Å². The minimum atomic E-state index is -3.67. The molecule has 0 bridgehead atoms. The van der Waals surface area contributed by atoms with E-state index in [2.05, 4.69) is 58.2 Å². The largest absolute Gasteiger partial charge is 0.285 e. The van der Waals surface area contributed by atoms with Crippen molar-refractivity contribution in [1.82, 2.24) is 14.9 Å². The molecule has 0 saturated heterocycles. The summed E-state index contributed by atoms with van der Waals surface area (Å²) in [5, 5.41) is 8.02. The van der Waals surface area contributed by atoms with Gasteiger partial charge in [0.2, 0.25) is 10.0 Å². The molecule has 186 valence electrons. The van der Waals surface area contributed by atoms with Gasteiger partial charge in [-0.3, -0.25) is 4.79 Å². The summed E-state index contributed by atoms with van der Waals surface area (Å²) in [4.78, 5) is 12.3. The van der Waals surface area contributed by atoms with Gasteiger partial charge in [-0.1, -0.05) is 93.6 Å². The fourth-order valence-corrected chi connectivity index (χ4v) is 5.54. The lowest BCUT2D eigenvalue weighted by molar-refractivity contribution is 0.0975. The van der Waals surface area contributed by atoms with Gasteiger partial charge in [-0.2, -0.15) is 16.9 Å². The molecular formula is C27H33N3O3S2. The first-order valence-corrected chi connectivity index (χ1v) is 14.9. The molecule has 8 heteroatoms. The van der Waals surface area contributed by atoms with Gasteiger partial charge in [-0.15, -0.1) is 5.10 Å². The quantitative estimate of drug-likeness (QED) is 0.267. The zero-order valence-electron chi connectivity index (χ0n) is 20.2. The lowest BCUT2D eigenvalue weighted by atomic mass is 10.0. The van der Waals surface area contributed by atoms with Crippen LogP contribution < -0.4 is 4.72 Å². The number of thioether (sulfide) groups is 1. The van der Waals surface area contributed by atoms with Gasteiger partial charge in [-0.05, 0) is 35.2 Å². The van der Waals surface area contributed by atoms with Crippen LogP contribution in [0.3, 0.4) is 0 Å². The van der Waals surface area contributed by atoms with Gasteiger partial charge in [-0.25, -0.2) is 13.1 Å². The highest BCUT2D eigenvalue weighted by Crippen LogP contribution is 2.22. The van der Waals surface area contributed by atoms with Gasteiger partial charge in [0, 0.05) is 11.5 Å². The van der Waals surface area contributed by atoms with E-state index in [0.717, 1.165) is 37.1 Å². The molecule has 1 aromatic heterocycles. The van der Waals surface area contributed by atoms with Gasteiger partial charge in [0.25, 0.3) is 5.91 Å². The third kappa shape index (κ3) is 9.45. The second kappa shape index (κ2) is 14.0. The molecule has 1 amide bonds. The van der Waals surface area contributed by atoms with Crippen molar-refractivity contribution in [1.29, 1.82) is 0 Å². The molecule has 0 aliphatic rings. The lowest BCUT2D eigenvalue weighted by Gasteiger charge is -2.07. The third-order valence-corrected chi connectivity index (χ3v) is 7.91. The second-order valence-corrected chi connectivity index (χ2v) is 11.3. The molecule has 3 aromatic rings. The molecule has 3 rings (SSSR count). The zero-order valence-corrected chi connectivity index (χ0v) is 21.8. The van der Waals surface area contributed by atoms with Gasteiger partial charge in [0.1, 0.15) is 0 Å². The number of sulfonamides is 1. The number of nitrogens with one attached hydrogen (secondary N) is 1. The molecule has 2 aromatic carbocycles. The van der Waals surface area contributed by atoms with Crippen molar-refractivity contribution in [3.8, 4) is 11.1 Å². The number of rotatable bonds is 14. The van der Waals surface area contributed by atoms with Crippen LogP contribution in [0.5, 0.6) is 0 Å². The number of unbranched alkanes of at least 4 members (excludes halogenated alkanes) is 5. The van der Waals surface area contributed by atoms with Crippen LogP contribution in [0.1, 0.15) is 67.2 Å². The number of amides is 1. The first-order valence-electron chi connectivity index (χ1n) is 12.1. The van der Waals surface area contributed by atoms with Crippen molar-refractivity contribution in [2.75, 3.05) is 5.75 Å². The molecule has 1 heterocycles. The minimum Gasteiger partial charge on any atom is -0.266 e. The number of nitrogens with zero attached hydrogens (tertiary/aromatic N) is 2. The summed E-state index contributed by atoms with van der Waals surface area (Å²) in [6.07, 6.45) is 5.83. The van der Waals surface area contributed by atoms with E-state index in [-0.39, 0.29) is 11.4 Å². The summed E-state index contributed by atoms with van der Waals surface area (Å²) >= 11 is 1.70. The molecule has 0 aliphatic heterocycles. The Hall–Kier alpha value is -2.71. The highest BCUT2D eigenvalue weighted by molar-refractivity contribution is 7.97. The molecule has 0 fully saturated rings. The van der Waals surface area contributed by atoms with Crippen LogP contribution >= 0.6 is 11.8 Å². The molecule has 0 saturated carbocycles. The molecule has 0 atom stereocenters. The lowest BCUT2D eigenvalue weighted by Crippen LogP contribution is -2.33. The summed E-state index contributed by atoms with van der Waals surface area (Å²) in [6, 6.07) is 22.0. The van der Waals surface area contributed by atoms with E-state index in [1.54, 1.807) is 17.8 Å². The SMILES string of the molecule is CCCCCCCCS(=O)(=O)NC(=O)c1ccc(CSCc2ccc(-c3ccccc3)cc2)nn1. The van der Waals surface area contributed by atoms with Crippen LogP contribution in [0, 0.1) is 0 Å². The number of aromatic nitrogens is 2. The van der Waals surface area contributed by atoms with Crippen molar-refractivity contribution >= 4 is 27.7 Å². The maximum absolute atomic E-state index is 12.3. The van der Waals surface area contributed by atoms with E-state index in [1.165, 1.54) is 29.2 Å². The normalized spacial score (nSPS) is 11.3. The first kappa shape index (κ1) is 26.9. The van der Waals surface area contributed by atoms with Crippen LogP contribution in [0.4, 0.5) is 0 Å². The summed E-state index contributed by atoms with van der Waals surface area (Å²) < 4.78 is 26.4. The fourth-order valence-electron chi connectivity index (χ4n) is 3.57. The summed E-state index contributed by atoms with van der Waals surface area (Å²) in [5.74, 6) is 0.682. The number of hydrogen-bond acceptors (Lipinski definition) is 6. The predicted octanol–water partition coefficient (Wildman–Crippen LogP) is 6.00. The van der Waals surface area contributed by atoms with Crippen LogP contribution in [-0.2, 0) is 21.5 Å². The van der Waals surface area contributed by atoms with Gasteiger partial charge < -0.3 is 0 Å². The zero-order chi connectivity index (χ0) is 24.9. The average molecular weight is 512 g/mol. The van der Waals surface area contributed by atoms with Crippen LogP contribution in [0.25, 0.3) is 11.1 Å². The molecule has 6 nitrogen and oxygen atoms in total. The van der Waals surface area contributed by atoms with E-state index < -0.39 is 15.9 Å². The first-order chi connectivity index (χ1) is 17.0. The molecule has 0 aliphatic carbocycles. The summed E-state index contributed by atoms with van der Waals surface area (Å²) in [7, 11) is -3.67. The maximum atomic E-state index is 12.3. The van der Waals surface area contributed by atoms with Crippen molar-refractivity contribution in [3.05, 3.63) is 83.7 Å². The Balaban J connectivity index is 1.41. The van der Waals surface area contributed by atoms with Crippen molar-refractivity contribution < 1.29 is 13.2 Å².